The first kappa shape index (κ1) is 17.4. The fraction of sp³-hybridized carbons (Fsp3) is 0.643. The predicted molar refractivity (Wildman–Crippen MR) is 84.6 cm³/mol. The van der Waals surface area contributed by atoms with Crippen molar-refractivity contribution in [2.45, 2.75) is 39.7 Å². The molecule has 8 nitrogen and oxygen atoms in total. The highest BCUT2D eigenvalue weighted by molar-refractivity contribution is 6.28. The minimum absolute atomic E-state index is 0.0624. The van der Waals surface area contributed by atoms with Gasteiger partial charge in [0, 0.05) is 12.6 Å². The van der Waals surface area contributed by atoms with E-state index >= 15 is 0 Å². The Morgan fingerprint density at radius 2 is 2.30 bits per heavy atom. The van der Waals surface area contributed by atoms with E-state index in [2.05, 4.69) is 9.97 Å². The third-order valence-electron chi connectivity index (χ3n) is 4.42. The Kier molecular flexibility index (Phi) is 4.74. The summed E-state index contributed by atoms with van der Waals surface area (Å²) >= 11 is 5.79. The molecule has 23 heavy (non-hydrogen) atoms. The van der Waals surface area contributed by atoms with Crippen LogP contribution < -0.4 is 4.90 Å². The maximum Gasteiger partial charge on any atom is 0.329 e. The Bertz CT molecular complexity index is 639. The first-order valence-electron chi connectivity index (χ1n) is 7.40. The van der Waals surface area contributed by atoms with Gasteiger partial charge in [0.05, 0.1) is 10.3 Å². The number of hydrogen-bond donors (Lipinski definition) is 1. The number of halogens is 1. The zero-order valence-corrected chi connectivity index (χ0v) is 13.9. The molecule has 2 rings (SSSR count). The quantitative estimate of drug-likeness (QED) is 0.461. The fourth-order valence-corrected chi connectivity index (χ4v) is 3.06. The summed E-state index contributed by atoms with van der Waals surface area (Å²) in [6.07, 6.45) is 2.37. The summed E-state index contributed by atoms with van der Waals surface area (Å²) in [5.74, 6) is -0.747. The number of nitrogens with zero attached hydrogens (tertiary/aromatic N) is 4. The molecule has 0 bridgehead atoms. The molecule has 1 fully saturated rings. The van der Waals surface area contributed by atoms with Gasteiger partial charge in [0.2, 0.25) is 11.1 Å². The SMILES string of the molecule is CCC1CC1(CN(c1nc(Cl)ncc1[N+](=O)[O-])C(C)C)C(=O)O. The van der Waals surface area contributed by atoms with E-state index in [1.165, 1.54) is 0 Å². The van der Waals surface area contributed by atoms with Gasteiger partial charge in [-0.3, -0.25) is 14.9 Å². The van der Waals surface area contributed by atoms with Crippen LogP contribution in [-0.2, 0) is 4.79 Å². The first-order chi connectivity index (χ1) is 10.7. The van der Waals surface area contributed by atoms with Crippen LogP contribution in [0.5, 0.6) is 0 Å². The molecule has 0 spiro atoms. The van der Waals surface area contributed by atoms with Crippen molar-refractivity contribution in [3.63, 3.8) is 0 Å². The maximum absolute atomic E-state index is 11.7. The van der Waals surface area contributed by atoms with Crippen LogP contribution in [0.1, 0.15) is 33.6 Å². The molecule has 126 valence electrons. The maximum atomic E-state index is 11.7. The van der Waals surface area contributed by atoms with Gasteiger partial charge in [-0.05, 0) is 37.8 Å². The molecule has 1 aromatic heterocycles. The van der Waals surface area contributed by atoms with E-state index in [0.717, 1.165) is 12.6 Å². The standard InChI is InChI=1S/C14H19ClN4O4/c1-4-9-5-14(9,12(20)21)7-18(8(2)3)11-10(19(22)23)6-16-13(15)17-11/h6,8-9H,4-5,7H2,1-3H3,(H,20,21). The van der Waals surface area contributed by atoms with Gasteiger partial charge >= 0.3 is 11.7 Å². The number of carboxylic acids is 1. The van der Waals surface area contributed by atoms with E-state index in [-0.39, 0.29) is 35.3 Å². The van der Waals surface area contributed by atoms with Crippen molar-refractivity contribution in [3.05, 3.63) is 21.6 Å². The number of aromatic nitrogens is 2. The van der Waals surface area contributed by atoms with Gasteiger partial charge in [0.25, 0.3) is 0 Å². The molecular weight excluding hydrogens is 324 g/mol. The van der Waals surface area contributed by atoms with Crippen LogP contribution in [0.15, 0.2) is 6.20 Å². The molecule has 1 saturated carbocycles. The lowest BCUT2D eigenvalue weighted by Gasteiger charge is -2.30. The van der Waals surface area contributed by atoms with E-state index in [1.807, 2.05) is 20.8 Å². The van der Waals surface area contributed by atoms with Gasteiger partial charge in [-0.1, -0.05) is 13.3 Å². The summed E-state index contributed by atoms with van der Waals surface area (Å²) in [4.78, 5) is 31.6. The van der Waals surface area contributed by atoms with Gasteiger partial charge in [-0.2, -0.15) is 4.98 Å². The Balaban J connectivity index is 2.43. The molecule has 2 unspecified atom stereocenters. The smallest absolute Gasteiger partial charge is 0.329 e. The molecule has 0 aliphatic heterocycles. The Morgan fingerprint density at radius 3 is 2.74 bits per heavy atom. The number of anilines is 1. The van der Waals surface area contributed by atoms with Gasteiger partial charge < -0.3 is 10.0 Å². The molecular formula is C14H19ClN4O4. The third-order valence-corrected chi connectivity index (χ3v) is 4.60. The summed E-state index contributed by atoms with van der Waals surface area (Å²) < 4.78 is 0. The van der Waals surface area contributed by atoms with Gasteiger partial charge in [-0.25, -0.2) is 4.98 Å². The predicted octanol–water partition coefficient (Wildman–Crippen LogP) is 2.75. The summed E-state index contributed by atoms with van der Waals surface area (Å²) in [5.41, 5.74) is -1.16. The first-order valence-corrected chi connectivity index (χ1v) is 7.77. The van der Waals surface area contributed by atoms with Crippen molar-refractivity contribution in [1.29, 1.82) is 0 Å². The largest absolute Gasteiger partial charge is 0.481 e. The van der Waals surface area contributed by atoms with Crippen molar-refractivity contribution in [2.75, 3.05) is 11.4 Å². The van der Waals surface area contributed by atoms with Crippen LogP contribution in [0.3, 0.4) is 0 Å². The van der Waals surface area contributed by atoms with Crippen molar-refractivity contribution in [1.82, 2.24) is 9.97 Å². The number of aliphatic carboxylic acids is 1. The topological polar surface area (TPSA) is 109 Å². The average Bonchev–Trinajstić information content (AvgIpc) is 3.19. The van der Waals surface area contributed by atoms with E-state index in [9.17, 15) is 20.0 Å². The van der Waals surface area contributed by atoms with E-state index in [1.54, 1.807) is 4.90 Å². The molecule has 9 heteroatoms. The lowest BCUT2D eigenvalue weighted by atomic mass is 10.0. The van der Waals surface area contributed by atoms with E-state index < -0.39 is 16.3 Å². The second-order valence-corrected chi connectivity index (χ2v) is 6.44. The lowest BCUT2D eigenvalue weighted by Crippen LogP contribution is -2.41. The van der Waals surface area contributed by atoms with Crippen molar-refractivity contribution in [3.8, 4) is 0 Å². The van der Waals surface area contributed by atoms with Crippen LogP contribution >= 0.6 is 11.6 Å². The molecule has 2 atom stereocenters. The molecule has 0 radical (unpaired) electrons. The molecule has 0 saturated heterocycles. The minimum atomic E-state index is -0.885. The van der Waals surface area contributed by atoms with E-state index in [0.29, 0.717) is 6.42 Å². The summed E-state index contributed by atoms with van der Waals surface area (Å²) in [6.45, 7) is 5.77. The van der Waals surface area contributed by atoms with E-state index in [4.69, 9.17) is 11.6 Å². The van der Waals surface area contributed by atoms with Crippen molar-refractivity contribution < 1.29 is 14.8 Å². The summed E-state index contributed by atoms with van der Waals surface area (Å²) in [5, 5.41) is 20.7. The highest BCUT2D eigenvalue weighted by Gasteiger charge is 2.60. The number of nitro groups is 1. The molecule has 1 N–H and O–H groups in total. The Hall–Kier alpha value is -1.96. The van der Waals surface area contributed by atoms with Crippen LogP contribution in [0, 0.1) is 21.4 Å². The van der Waals surface area contributed by atoms with Gasteiger partial charge in [0.15, 0.2) is 0 Å². The lowest BCUT2D eigenvalue weighted by molar-refractivity contribution is -0.384. The van der Waals surface area contributed by atoms with Crippen molar-refractivity contribution in [2.24, 2.45) is 11.3 Å². The number of hydrogen-bond acceptors (Lipinski definition) is 6. The molecule has 1 aliphatic carbocycles. The highest BCUT2D eigenvalue weighted by atomic mass is 35.5. The van der Waals surface area contributed by atoms with Gasteiger partial charge in [-0.15, -0.1) is 0 Å². The highest BCUT2D eigenvalue weighted by Crippen LogP contribution is 2.55. The van der Waals surface area contributed by atoms with Crippen LogP contribution in [0.2, 0.25) is 5.28 Å². The van der Waals surface area contributed by atoms with Gasteiger partial charge in [0.1, 0.15) is 6.20 Å². The molecule has 0 amide bonds. The summed E-state index contributed by atoms with van der Waals surface area (Å²) in [7, 11) is 0. The molecule has 1 heterocycles. The molecule has 1 aromatic rings. The zero-order chi connectivity index (χ0) is 17.4. The normalized spacial score (nSPS) is 22.9. The fourth-order valence-electron chi connectivity index (χ4n) is 2.93. The second-order valence-electron chi connectivity index (χ2n) is 6.10. The van der Waals surface area contributed by atoms with Crippen molar-refractivity contribution >= 4 is 29.1 Å². The molecule has 1 aliphatic rings. The Morgan fingerprint density at radius 1 is 1.65 bits per heavy atom. The number of carboxylic acid groups (broad SMARTS) is 1. The summed E-state index contributed by atoms with van der Waals surface area (Å²) in [6, 6.07) is -0.172. The third kappa shape index (κ3) is 3.21. The molecule has 0 aromatic carbocycles. The average molecular weight is 343 g/mol. The Labute approximate surface area is 138 Å². The second kappa shape index (κ2) is 6.27. The van der Waals surface area contributed by atoms with Crippen LogP contribution in [0.25, 0.3) is 0 Å². The number of rotatable bonds is 7. The number of carbonyl (C=O) groups is 1. The zero-order valence-electron chi connectivity index (χ0n) is 13.2. The minimum Gasteiger partial charge on any atom is -0.481 e. The van der Waals surface area contributed by atoms with Crippen LogP contribution in [-0.4, -0.2) is 38.6 Å². The van der Waals surface area contributed by atoms with Crippen LogP contribution in [0.4, 0.5) is 11.5 Å². The monoisotopic (exact) mass is 342 g/mol.